The van der Waals surface area contributed by atoms with E-state index in [-0.39, 0.29) is 0 Å². The molecule has 0 aliphatic heterocycles. The Morgan fingerprint density at radius 2 is 2.11 bits per heavy atom. The number of rotatable bonds is 4. The first-order valence-corrected chi connectivity index (χ1v) is 7.60. The molecule has 2 N–H and O–H groups in total. The average Bonchev–Trinajstić information content (AvgIpc) is 2.38. The molecule has 1 aliphatic rings. The van der Waals surface area contributed by atoms with Crippen LogP contribution in [0.1, 0.15) is 37.7 Å². The second-order valence-electron chi connectivity index (χ2n) is 5.09. The van der Waals surface area contributed by atoms with E-state index in [1.165, 1.54) is 37.7 Å². The summed E-state index contributed by atoms with van der Waals surface area (Å²) in [7, 11) is 0. The van der Waals surface area contributed by atoms with Gasteiger partial charge in [-0.25, -0.2) is 4.98 Å². The number of hydrogen-bond donors (Lipinski definition) is 1. The lowest BCUT2D eigenvalue weighted by molar-refractivity contribution is 0.414. The molecule has 0 atom stereocenters. The maximum Gasteiger partial charge on any atom is 0.143 e. The van der Waals surface area contributed by atoms with Crippen molar-refractivity contribution >= 4 is 21.7 Å². The topological polar surface area (TPSA) is 42.2 Å². The SMILES string of the molecule is Cc1cnc(N(CCN)C2CCCCC2)c(Br)c1. The van der Waals surface area contributed by atoms with Gasteiger partial charge in [0.25, 0.3) is 0 Å². The molecular weight excluding hydrogens is 290 g/mol. The summed E-state index contributed by atoms with van der Waals surface area (Å²) in [6.07, 6.45) is 8.50. The predicted molar refractivity (Wildman–Crippen MR) is 79.9 cm³/mol. The van der Waals surface area contributed by atoms with Crippen LogP contribution in [0.3, 0.4) is 0 Å². The van der Waals surface area contributed by atoms with Gasteiger partial charge < -0.3 is 10.6 Å². The number of hydrogen-bond acceptors (Lipinski definition) is 3. The molecule has 4 heteroatoms. The van der Waals surface area contributed by atoms with Crippen LogP contribution in [0.4, 0.5) is 5.82 Å². The lowest BCUT2D eigenvalue weighted by Crippen LogP contribution is -2.40. The van der Waals surface area contributed by atoms with E-state index in [0.29, 0.717) is 12.6 Å². The molecular formula is C14H22BrN3. The van der Waals surface area contributed by atoms with Crippen molar-refractivity contribution in [3.05, 3.63) is 22.3 Å². The number of halogens is 1. The molecule has 100 valence electrons. The average molecular weight is 312 g/mol. The Morgan fingerprint density at radius 1 is 1.39 bits per heavy atom. The number of pyridine rings is 1. The maximum absolute atomic E-state index is 5.77. The number of nitrogens with zero attached hydrogens (tertiary/aromatic N) is 2. The van der Waals surface area contributed by atoms with Crippen LogP contribution in [0.25, 0.3) is 0 Å². The molecule has 0 unspecified atom stereocenters. The van der Waals surface area contributed by atoms with E-state index >= 15 is 0 Å². The summed E-state index contributed by atoms with van der Waals surface area (Å²) < 4.78 is 1.08. The molecule has 1 heterocycles. The van der Waals surface area contributed by atoms with Crippen molar-refractivity contribution in [2.24, 2.45) is 5.73 Å². The first-order valence-electron chi connectivity index (χ1n) is 6.81. The minimum absolute atomic E-state index is 0.605. The number of aryl methyl sites for hydroxylation is 1. The fourth-order valence-corrected chi connectivity index (χ4v) is 3.42. The normalized spacial score (nSPS) is 16.8. The summed E-state index contributed by atoms with van der Waals surface area (Å²) in [4.78, 5) is 6.99. The molecule has 1 fully saturated rings. The smallest absolute Gasteiger partial charge is 0.143 e. The highest BCUT2D eigenvalue weighted by Gasteiger charge is 2.23. The Labute approximate surface area is 118 Å². The molecule has 18 heavy (non-hydrogen) atoms. The standard InChI is InChI=1S/C14H22BrN3/c1-11-9-13(15)14(17-10-11)18(8-7-16)12-5-3-2-4-6-12/h9-10,12H,2-8,16H2,1H3. The maximum atomic E-state index is 5.77. The lowest BCUT2D eigenvalue weighted by Gasteiger charge is -2.35. The van der Waals surface area contributed by atoms with Crippen LogP contribution in [0, 0.1) is 6.92 Å². The molecule has 3 nitrogen and oxygen atoms in total. The Hall–Kier alpha value is -0.610. The van der Waals surface area contributed by atoms with Crippen LogP contribution in [0.15, 0.2) is 16.7 Å². The second-order valence-corrected chi connectivity index (χ2v) is 5.95. The first kappa shape index (κ1) is 13.8. The highest BCUT2D eigenvalue weighted by atomic mass is 79.9. The Morgan fingerprint density at radius 3 is 2.72 bits per heavy atom. The zero-order chi connectivity index (χ0) is 13.0. The van der Waals surface area contributed by atoms with Crippen molar-refractivity contribution in [3.8, 4) is 0 Å². The van der Waals surface area contributed by atoms with Gasteiger partial charge in [-0.3, -0.25) is 0 Å². The van der Waals surface area contributed by atoms with Gasteiger partial charge >= 0.3 is 0 Å². The van der Waals surface area contributed by atoms with E-state index in [1.807, 2.05) is 6.20 Å². The highest BCUT2D eigenvalue weighted by Crippen LogP contribution is 2.30. The highest BCUT2D eigenvalue weighted by molar-refractivity contribution is 9.10. The first-order chi connectivity index (χ1) is 8.72. The quantitative estimate of drug-likeness (QED) is 0.928. The van der Waals surface area contributed by atoms with E-state index in [2.05, 4.69) is 38.8 Å². The van der Waals surface area contributed by atoms with E-state index in [0.717, 1.165) is 16.8 Å². The minimum Gasteiger partial charge on any atom is -0.351 e. The third-order valence-corrected chi connectivity index (χ3v) is 4.20. The number of aromatic nitrogens is 1. The van der Waals surface area contributed by atoms with Crippen LogP contribution >= 0.6 is 15.9 Å². The molecule has 0 bridgehead atoms. The molecule has 0 aromatic carbocycles. The molecule has 2 rings (SSSR count). The third-order valence-electron chi connectivity index (χ3n) is 3.62. The van der Waals surface area contributed by atoms with Crippen molar-refractivity contribution in [1.29, 1.82) is 0 Å². The van der Waals surface area contributed by atoms with Gasteiger partial charge in [0.1, 0.15) is 5.82 Å². The summed E-state index contributed by atoms with van der Waals surface area (Å²) in [6.45, 7) is 3.63. The Balaban J connectivity index is 2.22. The summed E-state index contributed by atoms with van der Waals surface area (Å²) >= 11 is 3.64. The van der Waals surface area contributed by atoms with Gasteiger partial charge in [-0.2, -0.15) is 0 Å². The summed E-state index contributed by atoms with van der Waals surface area (Å²) in [5.74, 6) is 1.05. The number of nitrogens with two attached hydrogens (primary N) is 1. The van der Waals surface area contributed by atoms with Crippen molar-refractivity contribution in [1.82, 2.24) is 4.98 Å². The summed E-state index contributed by atoms with van der Waals surface area (Å²) in [6, 6.07) is 2.74. The summed E-state index contributed by atoms with van der Waals surface area (Å²) in [5.41, 5.74) is 6.95. The molecule has 0 saturated heterocycles. The van der Waals surface area contributed by atoms with E-state index in [9.17, 15) is 0 Å². The Kier molecular flexibility index (Phi) is 5.01. The molecule has 1 aromatic rings. The van der Waals surface area contributed by atoms with Crippen molar-refractivity contribution < 1.29 is 0 Å². The molecule has 1 aliphatic carbocycles. The second kappa shape index (κ2) is 6.53. The van der Waals surface area contributed by atoms with Crippen molar-refractivity contribution in [2.45, 2.75) is 45.1 Å². The molecule has 1 saturated carbocycles. The predicted octanol–water partition coefficient (Wildman–Crippen LogP) is 3.25. The van der Waals surface area contributed by atoms with Gasteiger partial charge in [-0.05, 0) is 47.3 Å². The Bertz CT molecular complexity index is 389. The van der Waals surface area contributed by atoms with Gasteiger partial charge in [0.15, 0.2) is 0 Å². The molecule has 0 spiro atoms. The van der Waals surface area contributed by atoms with Crippen molar-refractivity contribution in [2.75, 3.05) is 18.0 Å². The van der Waals surface area contributed by atoms with E-state index in [1.54, 1.807) is 0 Å². The monoisotopic (exact) mass is 311 g/mol. The van der Waals surface area contributed by atoms with Gasteiger partial charge in [0, 0.05) is 25.3 Å². The van der Waals surface area contributed by atoms with Crippen molar-refractivity contribution in [3.63, 3.8) is 0 Å². The third kappa shape index (κ3) is 3.23. The molecule has 0 amide bonds. The van der Waals surface area contributed by atoms with Gasteiger partial charge in [0.2, 0.25) is 0 Å². The fourth-order valence-electron chi connectivity index (χ4n) is 2.73. The summed E-state index contributed by atoms with van der Waals surface area (Å²) in [5, 5.41) is 0. The molecule has 0 radical (unpaired) electrons. The van der Waals surface area contributed by atoms with Gasteiger partial charge in [0.05, 0.1) is 4.47 Å². The van der Waals surface area contributed by atoms with Gasteiger partial charge in [-0.15, -0.1) is 0 Å². The fraction of sp³-hybridized carbons (Fsp3) is 0.643. The lowest BCUT2D eigenvalue weighted by atomic mass is 9.94. The van der Waals surface area contributed by atoms with Crippen LogP contribution in [0.5, 0.6) is 0 Å². The number of anilines is 1. The van der Waals surface area contributed by atoms with E-state index in [4.69, 9.17) is 5.73 Å². The largest absolute Gasteiger partial charge is 0.351 e. The van der Waals surface area contributed by atoms with E-state index < -0.39 is 0 Å². The zero-order valence-electron chi connectivity index (χ0n) is 11.0. The van der Waals surface area contributed by atoms with Gasteiger partial charge in [-0.1, -0.05) is 19.3 Å². The van der Waals surface area contributed by atoms with Crippen LogP contribution in [0.2, 0.25) is 0 Å². The zero-order valence-corrected chi connectivity index (χ0v) is 12.6. The van der Waals surface area contributed by atoms with Crippen LogP contribution in [-0.4, -0.2) is 24.1 Å². The minimum atomic E-state index is 0.605. The van der Waals surface area contributed by atoms with Crippen LogP contribution in [-0.2, 0) is 0 Å². The van der Waals surface area contributed by atoms with Crippen LogP contribution < -0.4 is 10.6 Å². The molecule has 1 aromatic heterocycles.